The first-order valence-electron chi connectivity index (χ1n) is 10.2. The third-order valence-electron chi connectivity index (χ3n) is 5.14. The maximum absolute atomic E-state index is 12.9. The fourth-order valence-electron chi connectivity index (χ4n) is 3.51. The van der Waals surface area contributed by atoms with E-state index in [0.29, 0.717) is 23.9 Å². The SMILES string of the molecule is O=C(Nc1cccc(-c2nnco2)c1)NC1CCN(CCOc2ccc(F)cc2)CC1. The number of urea groups is 1. The summed E-state index contributed by atoms with van der Waals surface area (Å²) in [4.78, 5) is 14.7. The number of anilines is 1. The zero-order valence-electron chi connectivity index (χ0n) is 17.0. The van der Waals surface area contributed by atoms with Crippen molar-refractivity contribution in [1.29, 1.82) is 0 Å². The predicted octanol–water partition coefficient (Wildman–Crippen LogP) is 3.54. The molecule has 0 atom stereocenters. The fourth-order valence-corrected chi connectivity index (χ4v) is 3.51. The Hall–Kier alpha value is -3.46. The number of rotatable bonds is 7. The number of hydrogen-bond donors (Lipinski definition) is 2. The van der Waals surface area contributed by atoms with Gasteiger partial charge in [0, 0.05) is 36.9 Å². The molecule has 8 nitrogen and oxygen atoms in total. The Morgan fingerprint density at radius 3 is 2.74 bits per heavy atom. The van der Waals surface area contributed by atoms with Crippen molar-refractivity contribution in [2.75, 3.05) is 31.6 Å². The molecule has 1 saturated heterocycles. The Kier molecular flexibility index (Phi) is 6.73. The van der Waals surface area contributed by atoms with Crippen LogP contribution in [0.4, 0.5) is 14.9 Å². The van der Waals surface area contributed by atoms with E-state index in [9.17, 15) is 9.18 Å². The number of nitrogens with zero attached hydrogens (tertiary/aromatic N) is 3. The third-order valence-corrected chi connectivity index (χ3v) is 5.14. The van der Waals surface area contributed by atoms with E-state index in [1.165, 1.54) is 18.5 Å². The summed E-state index contributed by atoms with van der Waals surface area (Å²) in [7, 11) is 0. The van der Waals surface area contributed by atoms with Crippen molar-refractivity contribution in [3.8, 4) is 17.2 Å². The number of carbonyl (C=O) groups excluding carboxylic acids is 1. The minimum Gasteiger partial charge on any atom is -0.492 e. The molecule has 0 radical (unpaired) electrons. The lowest BCUT2D eigenvalue weighted by Crippen LogP contribution is -2.46. The van der Waals surface area contributed by atoms with Crippen LogP contribution in [0.15, 0.2) is 59.3 Å². The molecule has 0 unspecified atom stereocenters. The molecular formula is C22H24FN5O3. The first kappa shape index (κ1) is 20.8. The second kappa shape index (κ2) is 10.0. The van der Waals surface area contributed by atoms with E-state index in [-0.39, 0.29) is 17.9 Å². The van der Waals surface area contributed by atoms with Gasteiger partial charge in [0.25, 0.3) is 0 Å². The molecule has 9 heteroatoms. The quantitative estimate of drug-likeness (QED) is 0.602. The maximum atomic E-state index is 12.9. The number of aromatic nitrogens is 2. The van der Waals surface area contributed by atoms with Gasteiger partial charge in [-0.25, -0.2) is 9.18 Å². The summed E-state index contributed by atoms with van der Waals surface area (Å²) in [5.41, 5.74) is 1.40. The van der Waals surface area contributed by atoms with Crippen LogP contribution in [0.1, 0.15) is 12.8 Å². The molecule has 0 saturated carbocycles. The first-order chi connectivity index (χ1) is 15.2. The summed E-state index contributed by atoms with van der Waals surface area (Å²) in [6.07, 6.45) is 3.00. The van der Waals surface area contributed by atoms with Gasteiger partial charge in [0.1, 0.15) is 18.2 Å². The van der Waals surface area contributed by atoms with E-state index < -0.39 is 0 Å². The number of benzene rings is 2. The Bertz CT molecular complexity index is 973. The normalized spacial score (nSPS) is 14.9. The van der Waals surface area contributed by atoms with Crippen molar-refractivity contribution in [3.05, 3.63) is 60.7 Å². The van der Waals surface area contributed by atoms with Crippen LogP contribution < -0.4 is 15.4 Å². The van der Waals surface area contributed by atoms with Crippen molar-refractivity contribution in [2.24, 2.45) is 0 Å². The van der Waals surface area contributed by atoms with Crippen LogP contribution in [0.25, 0.3) is 11.5 Å². The standard InChI is InChI=1S/C22H24FN5O3/c23-17-4-6-20(7-5-17)30-13-12-28-10-8-18(9-11-28)25-22(29)26-19-3-1-2-16(14-19)21-27-24-15-31-21/h1-7,14-15,18H,8-13H2,(H2,25,26,29). The molecule has 3 aromatic rings. The predicted molar refractivity (Wildman–Crippen MR) is 113 cm³/mol. The van der Waals surface area contributed by atoms with Crippen molar-refractivity contribution >= 4 is 11.7 Å². The number of piperidine rings is 1. The Morgan fingerprint density at radius 1 is 1.19 bits per heavy atom. The summed E-state index contributed by atoms with van der Waals surface area (Å²) >= 11 is 0. The van der Waals surface area contributed by atoms with Gasteiger partial charge in [0.2, 0.25) is 12.3 Å². The molecular weight excluding hydrogens is 401 g/mol. The second-order valence-corrected chi connectivity index (χ2v) is 7.34. The van der Waals surface area contributed by atoms with Crippen molar-refractivity contribution < 1.29 is 18.3 Å². The van der Waals surface area contributed by atoms with Gasteiger partial charge in [-0.3, -0.25) is 4.90 Å². The highest BCUT2D eigenvalue weighted by molar-refractivity contribution is 5.90. The summed E-state index contributed by atoms with van der Waals surface area (Å²) in [5, 5.41) is 13.4. The van der Waals surface area contributed by atoms with Gasteiger partial charge in [-0.1, -0.05) is 6.07 Å². The molecule has 0 spiro atoms. The first-order valence-corrected chi connectivity index (χ1v) is 10.2. The number of ether oxygens (including phenoxy) is 1. The van der Waals surface area contributed by atoms with E-state index in [4.69, 9.17) is 9.15 Å². The van der Waals surface area contributed by atoms with Gasteiger partial charge in [-0.2, -0.15) is 0 Å². The van der Waals surface area contributed by atoms with E-state index in [1.54, 1.807) is 18.2 Å². The number of carbonyl (C=O) groups is 1. The van der Waals surface area contributed by atoms with Gasteiger partial charge in [-0.05, 0) is 55.3 Å². The zero-order chi connectivity index (χ0) is 21.5. The van der Waals surface area contributed by atoms with Crippen LogP contribution in [-0.2, 0) is 0 Å². The van der Waals surface area contributed by atoms with Gasteiger partial charge < -0.3 is 19.8 Å². The highest BCUT2D eigenvalue weighted by Gasteiger charge is 2.20. The fraction of sp³-hybridized carbons (Fsp3) is 0.318. The molecule has 162 valence electrons. The average molecular weight is 425 g/mol. The smallest absolute Gasteiger partial charge is 0.319 e. The summed E-state index contributed by atoms with van der Waals surface area (Å²) in [6.45, 7) is 3.09. The number of halogens is 1. The molecule has 1 fully saturated rings. The lowest BCUT2D eigenvalue weighted by atomic mass is 10.1. The number of likely N-dealkylation sites (tertiary alicyclic amines) is 1. The van der Waals surface area contributed by atoms with E-state index in [1.807, 2.05) is 18.2 Å². The molecule has 31 heavy (non-hydrogen) atoms. The van der Waals surface area contributed by atoms with Crippen LogP contribution in [0.3, 0.4) is 0 Å². The average Bonchev–Trinajstić information content (AvgIpc) is 3.32. The molecule has 2 amide bonds. The van der Waals surface area contributed by atoms with Gasteiger partial charge >= 0.3 is 6.03 Å². The molecule has 0 aliphatic carbocycles. The second-order valence-electron chi connectivity index (χ2n) is 7.34. The Morgan fingerprint density at radius 2 is 2.00 bits per heavy atom. The van der Waals surface area contributed by atoms with Crippen LogP contribution in [0, 0.1) is 5.82 Å². The van der Waals surface area contributed by atoms with Crippen LogP contribution >= 0.6 is 0 Å². The monoisotopic (exact) mass is 425 g/mol. The van der Waals surface area contributed by atoms with Crippen molar-refractivity contribution in [3.63, 3.8) is 0 Å². The molecule has 1 aliphatic heterocycles. The Labute approximate surface area is 179 Å². The minimum atomic E-state index is -0.273. The van der Waals surface area contributed by atoms with Gasteiger partial charge in [0.15, 0.2) is 0 Å². The van der Waals surface area contributed by atoms with Crippen LogP contribution in [0.5, 0.6) is 5.75 Å². The molecule has 2 N–H and O–H groups in total. The van der Waals surface area contributed by atoms with E-state index in [2.05, 4.69) is 25.7 Å². The number of hydrogen-bond acceptors (Lipinski definition) is 6. The van der Waals surface area contributed by atoms with Crippen LogP contribution in [-0.4, -0.2) is 53.4 Å². The molecule has 1 aromatic heterocycles. The highest BCUT2D eigenvalue weighted by Crippen LogP contribution is 2.20. The number of amides is 2. The lowest BCUT2D eigenvalue weighted by Gasteiger charge is -2.32. The zero-order valence-corrected chi connectivity index (χ0v) is 17.0. The molecule has 0 bridgehead atoms. The maximum Gasteiger partial charge on any atom is 0.319 e. The molecule has 1 aliphatic rings. The van der Waals surface area contributed by atoms with Crippen molar-refractivity contribution in [1.82, 2.24) is 20.4 Å². The Balaban J connectivity index is 1.17. The largest absolute Gasteiger partial charge is 0.492 e. The highest BCUT2D eigenvalue weighted by atomic mass is 19.1. The minimum absolute atomic E-state index is 0.119. The topological polar surface area (TPSA) is 92.5 Å². The number of nitrogens with one attached hydrogen (secondary N) is 2. The summed E-state index contributed by atoms with van der Waals surface area (Å²) < 4.78 is 23.8. The van der Waals surface area contributed by atoms with E-state index in [0.717, 1.165) is 38.0 Å². The molecule has 2 aromatic carbocycles. The van der Waals surface area contributed by atoms with Gasteiger partial charge in [-0.15, -0.1) is 10.2 Å². The molecule has 4 rings (SSSR count). The summed E-state index contributed by atoms with van der Waals surface area (Å²) in [6, 6.07) is 13.2. The van der Waals surface area contributed by atoms with Gasteiger partial charge in [0.05, 0.1) is 0 Å². The van der Waals surface area contributed by atoms with Crippen molar-refractivity contribution in [2.45, 2.75) is 18.9 Å². The van der Waals surface area contributed by atoms with E-state index >= 15 is 0 Å². The summed E-state index contributed by atoms with van der Waals surface area (Å²) in [5.74, 6) is 0.795. The lowest BCUT2D eigenvalue weighted by molar-refractivity contribution is 0.165. The molecule has 2 heterocycles. The third kappa shape index (κ3) is 6.02. The van der Waals surface area contributed by atoms with Crippen LogP contribution in [0.2, 0.25) is 0 Å².